The van der Waals surface area contributed by atoms with Gasteiger partial charge in [0, 0.05) is 13.8 Å². The maximum absolute atomic E-state index is 11.9. The van der Waals surface area contributed by atoms with Crippen molar-refractivity contribution >= 4 is 15.4 Å². The third-order valence-electron chi connectivity index (χ3n) is 2.73. The van der Waals surface area contributed by atoms with E-state index in [4.69, 9.17) is 14.2 Å². The third kappa shape index (κ3) is 4.68. The highest BCUT2D eigenvalue weighted by atomic mass is 31.2. The van der Waals surface area contributed by atoms with Gasteiger partial charge < -0.3 is 14.2 Å². The minimum atomic E-state index is -2.96. The van der Waals surface area contributed by atoms with Crippen LogP contribution < -0.4 is 0 Å². The van der Waals surface area contributed by atoms with Gasteiger partial charge in [-0.1, -0.05) is 12.8 Å². The Kier molecular flexibility index (Phi) is 5.69. The van der Waals surface area contributed by atoms with Gasteiger partial charge >= 0.3 is 0 Å². The Morgan fingerprint density at radius 2 is 1.94 bits per heavy atom. The molecule has 0 aromatic heterocycles. The van der Waals surface area contributed by atoms with Crippen molar-refractivity contribution < 1.29 is 23.3 Å². The lowest BCUT2D eigenvalue weighted by Gasteiger charge is -2.32. The van der Waals surface area contributed by atoms with Crippen LogP contribution in [0.1, 0.15) is 25.7 Å². The topological polar surface area (TPSA) is 72.8 Å². The van der Waals surface area contributed by atoms with Crippen molar-refractivity contribution in [3.63, 3.8) is 0 Å². The van der Waals surface area contributed by atoms with Crippen LogP contribution in [-0.4, -0.2) is 36.8 Å². The molecule has 4 unspecified atom stereocenters. The van der Waals surface area contributed by atoms with Crippen molar-refractivity contribution in [1.29, 1.82) is 0 Å². The number of hydrogen-bond donors (Lipinski definition) is 1. The average Bonchev–Trinajstić information content (AvgIpc) is 2.15. The molecule has 0 aromatic carbocycles. The predicted octanol–water partition coefficient (Wildman–Crippen LogP) is 2.29. The van der Waals surface area contributed by atoms with E-state index in [-0.39, 0.29) is 18.1 Å². The van der Waals surface area contributed by atoms with E-state index in [0.29, 0.717) is 0 Å². The molecule has 0 aromatic rings. The lowest BCUT2D eigenvalue weighted by Crippen LogP contribution is -2.33. The summed E-state index contributed by atoms with van der Waals surface area (Å²) in [6.07, 6.45) is 3.58. The molecule has 0 aliphatic heterocycles. The molecule has 0 heterocycles. The molecule has 16 heavy (non-hydrogen) atoms. The molecule has 1 N–H and O–H groups in total. The highest BCUT2D eigenvalue weighted by Gasteiger charge is 2.31. The summed E-state index contributed by atoms with van der Waals surface area (Å²) in [7, 11) is -4.10. The second-order valence-electron chi connectivity index (χ2n) is 4.27. The van der Waals surface area contributed by atoms with Crippen molar-refractivity contribution in [1.82, 2.24) is 0 Å². The summed E-state index contributed by atoms with van der Waals surface area (Å²) >= 11 is 0. The molecule has 0 radical (unpaired) electrons. The summed E-state index contributed by atoms with van der Waals surface area (Å²) in [5.41, 5.74) is 0. The van der Waals surface area contributed by atoms with E-state index in [1.165, 1.54) is 6.66 Å². The first kappa shape index (κ1) is 14.4. The molecule has 1 fully saturated rings. The van der Waals surface area contributed by atoms with Crippen LogP contribution in [0.25, 0.3) is 0 Å². The van der Waals surface area contributed by atoms with Crippen molar-refractivity contribution in [2.24, 2.45) is 0 Å². The molecule has 0 spiro atoms. The van der Waals surface area contributed by atoms with Crippen LogP contribution in [0, 0.1) is 0 Å². The van der Waals surface area contributed by atoms with E-state index >= 15 is 0 Å². The zero-order valence-electron chi connectivity index (χ0n) is 9.72. The maximum Gasteiger partial charge on any atom is 0.209 e. The molecular weight excluding hydrogens is 250 g/mol. The molecule has 0 bridgehead atoms. The van der Waals surface area contributed by atoms with Gasteiger partial charge in [0.2, 0.25) is 7.37 Å². The Morgan fingerprint density at radius 3 is 2.44 bits per heavy atom. The highest BCUT2D eigenvalue weighted by molar-refractivity contribution is 7.68. The van der Waals surface area contributed by atoms with Gasteiger partial charge in [0.1, 0.15) is 0 Å². The van der Waals surface area contributed by atoms with Gasteiger partial charge in [-0.3, -0.25) is 9.13 Å². The van der Waals surface area contributed by atoms with E-state index < -0.39 is 15.4 Å². The van der Waals surface area contributed by atoms with Crippen LogP contribution in [0.3, 0.4) is 0 Å². The minimum absolute atomic E-state index is 0.0388. The summed E-state index contributed by atoms with van der Waals surface area (Å²) in [6.45, 7) is 1.42. The minimum Gasteiger partial charge on any atom is -0.379 e. The van der Waals surface area contributed by atoms with Gasteiger partial charge in [0.05, 0.1) is 18.1 Å². The highest BCUT2D eigenvalue weighted by Crippen LogP contribution is 2.51. The second kappa shape index (κ2) is 6.32. The predicted molar refractivity (Wildman–Crippen MR) is 63.8 cm³/mol. The SMILES string of the molecule is COC1CCCCC1OP(C)(=O)C[PH](=O)O. The van der Waals surface area contributed by atoms with Gasteiger partial charge in [-0.25, -0.2) is 0 Å². The van der Waals surface area contributed by atoms with Gasteiger partial charge in [-0.05, 0) is 12.8 Å². The van der Waals surface area contributed by atoms with Crippen LogP contribution >= 0.6 is 15.4 Å². The molecule has 1 aliphatic rings. The van der Waals surface area contributed by atoms with E-state index in [9.17, 15) is 9.13 Å². The molecule has 96 valence electrons. The fourth-order valence-electron chi connectivity index (χ4n) is 2.02. The largest absolute Gasteiger partial charge is 0.379 e. The van der Waals surface area contributed by atoms with Gasteiger partial charge in [-0.2, -0.15) is 0 Å². The fourth-order valence-corrected chi connectivity index (χ4v) is 5.10. The van der Waals surface area contributed by atoms with Crippen LogP contribution in [-0.2, 0) is 18.4 Å². The van der Waals surface area contributed by atoms with Crippen LogP contribution in [0.5, 0.6) is 0 Å². The van der Waals surface area contributed by atoms with Crippen molar-refractivity contribution in [2.75, 3.05) is 19.7 Å². The zero-order chi connectivity index (χ0) is 12.2. The Morgan fingerprint density at radius 1 is 1.38 bits per heavy atom. The van der Waals surface area contributed by atoms with Crippen LogP contribution in [0.15, 0.2) is 0 Å². The van der Waals surface area contributed by atoms with E-state index in [2.05, 4.69) is 0 Å². The van der Waals surface area contributed by atoms with E-state index in [1.54, 1.807) is 7.11 Å². The molecular formula is C9H20O5P2. The molecule has 1 saturated carbocycles. The number of rotatable bonds is 5. The van der Waals surface area contributed by atoms with Gasteiger partial charge in [0.25, 0.3) is 0 Å². The maximum atomic E-state index is 11.9. The first-order valence-corrected chi connectivity index (χ1v) is 9.26. The Bertz CT molecular complexity index is 294. The first-order chi connectivity index (χ1) is 7.44. The molecule has 0 saturated heterocycles. The van der Waals surface area contributed by atoms with Gasteiger partial charge in [0.15, 0.2) is 8.03 Å². The van der Waals surface area contributed by atoms with Crippen molar-refractivity contribution in [3.8, 4) is 0 Å². The van der Waals surface area contributed by atoms with Crippen LogP contribution in [0.2, 0.25) is 0 Å². The number of hydrogen-bond acceptors (Lipinski definition) is 4. The Hall–Kier alpha value is 0.340. The summed E-state index contributed by atoms with van der Waals surface area (Å²) in [5, 5.41) is 0. The van der Waals surface area contributed by atoms with E-state index in [0.717, 1.165) is 25.7 Å². The monoisotopic (exact) mass is 270 g/mol. The lowest BCUT2D eigenvalue weighted by molar-refractivity contribution is -0.0211. The fraction of sp³-hybridized carbons (Fsp3) is 1.00. The molecule has 7 heteroatoms. The summed E-state index contributed by atoms with van der Waals surface area (Å²) in [6, 6.07) is 0. The smallest absolute Gasteiger partial charge is 0.209 e. The summed E-state index contributed by atoms with van der Waals surface area (Å²) in [5.74, 6) is -0.232. The summed E-state index contributed by atoms with van der Waals surface area (Å²) in [4.78, 5) is 8.80. The van der Waals surface area contributed by atoms with Crippen LogP contribution in [0.4, 0.5) is 0 Å². The first-order valence-electron chi connectivity index (χ1n) is 5.44. The standard InChI is InChI=1S/C9H20O5P2/c1-13-8-5-3-4-6-9(8)14-16(2,12)7-15(10)11/h8-9,15H,3-7H2,1-2H3,(H,10,11). The molecule has 0 amide bonds. The van der Waals surface area contributed by atoms with Gasteiger partial charge in [-0.15, -0.1) is 0 Å². The zero-order valence-corrected chi connectivity index (χ0v) is 11.6. The van der Waals surface area contributed by atoms with Crippen molar-refractivity contribution in [3.05, 3.63) is 0 Å². The van der Waals surface area contributed by atoms with E-state index in [1.807, 2.05) is 0 Å². The molecule has 1 rings (SSSR count). The Balaban J connectivity index is 2.56. The summed E-state index contributed by atoms with van der Waals surface area (Å²) < 4.78 is 33.4. The molecule has 1 aliphatic carbocycles. The quantitative estimate of drug-likeness (QED) is 0.776. The molecule has 4 atom stereocenters. The third-order valence-corrected chi connectivity index (χ3v) is 6.82. The number of ether oxygens (including phenoxy) is 1. The average molecular weight is 270 g/mol. The Labute approximate surface area is 96.8 Å². The number of methoxy groups -OCH3 is 1. The normalized spacial score (nSPS) is 31.9. The molecule has 5 nitrogen and oxygen atoms in total. The second-order valence-corrected chi connectivity index (χ2v) is 8.56. The van der Waals surface area contributed by atoms with Crippen molar-refractivity contribution in [2.45, 2.75) is 37.9 Å². The lowest BCUT2D eigenvalue weighted by atomic mass is 9.95.